The van der Waals surface area contributed by atoms with Crippen molar-refractivity contribution >= 4 is 51.5 Å². The van der Waals surface area contributed by atoms with Crippen molar-refractivity contribution in [3.63, 3.8) is 0 Å². The van der Waals surface area contributed by atoms with Crippen LogP contribution in [0.15, 0.2) is 81.6 Å². The third-order valence-corrected chi connectivity index (χ3v) is 11.1. The van der Waals surface area contributed by atoms with Gasteiger partial charge >= 0.3 is 5.89 Å². The van der Waals surface area contributed by atoms with E-state index in [9.17, 15) is 0 Å². The van der Waals surface area contributed by atoms with Crippen molar-refractivity contribution in [2.75, 3.05) is 0 Å². The molecule has 1 aliphatic heterocycles. The lowest BCUT2D eigenvalue weighted by molar-refractivity contribution is -0.637. The molecular formula is C29H24NO2Si+. The van der Waals surface area contributed by atoms with Gasteiger partial charge in [-0.25, -0.2) is 0 Å². The van der Waals surface area contributed by atoms with E-state index in [1.54, 1.807) is 0 Å². The highest BCUT2D eigenvalue weighted by atomic mass is 28.3. The molecule has 0 spiro atoms. The summed E-state index contributed by atoms with van der Waals surface area (Å²) in [5, 5.41) is 5.20. The minimum Gasteiger partial charge on any atom is -0.455 e. The largest absolute Gasteiger partial charge is 0.455 e. The van der Waals surface area contributed by atoms with Crippen molar-refractivity contribution in [3.05, 3.63) is 78.4 Å². The Bertz CT molecular complexity index is 1770. The zero-order valence-electron chi connectivity index (χ0n) is 19.2. The Labute approximate surface area is 192 Å². The zero-order chi connectivity index (χ0) is 22.5. The Balaban J connectivity index is 1.59. The van der Waals surface area contributed by atoms with E-state index in [0.717, 1.165) is 50.1 Å². The Kier molecular flexibility index (Phi) is 3.57. The van der Waals surface area contributed by atoms with E-state index >= 15 is 0 Å². The van der Waals surface area contributed by atoms with Crippen LogP contribution in [0.2, 0.25) is 13.1 Å². The van der Waals surface area contributed by atoms with Gasteiger partial charge in [-0.05, 0) is 34.5 Å². The van der Waals surface area contributed by atoms with Crippen LogP contribution in [0.25, 0.3) is 55.6 Å². The van der Waals surface area contributed by atoms with Gasteiger partial charge in [0.25, 0.3) is 5.52 Å². The number of rotatable bonds is 1. The molecule has 1 aliphatic rings. The molecule has 3 heterocycles. The fraction of sp³-hybridized carbons (Fsp3) is 0.138. The number of para-hydroxylation sites is 1. The summed E-state index contributed by atoms with van der Waals surface area (Å²) >= 11 is 0. The maximum Gasteiger partial charge on any atom is 0.385 e. The molecule has 0 unspecified atom stereocenters. The van der Waals surface area contributed by atoms with Crippen molar-refractivity contribution in [3.8, 4) is 22.6 Å². The SMILES string of the molecule is Cc1ccc2c(oc3ccccc32)c1-c1oc2c3c(ccc2[n+]1C)[Si](C)(C)c1ccccc1-3. The molecule has 4 aromatic carbocycles. The molecular weight excluding hydrogens is 422 g/mol. The second-order valence-corrected chi connectivity index (χ2v) is 14.0. The third-order valence-electron chi connectivity index (χ3n) is 7.51. The minimum absolute atomic E-state index is 0.837. The predicted octanol–water partition coefficient (Wildman–Crippen LogP) is 5.94. The van der Waals surface area contributed by atoms with Crippen molar-refractivity contribution in [2.45, 2.75) is 20.0 Å². The number of benzene rings is 4. The summed E-state index contributed by atoms with van der Waals surface area (Å²) in [6, 6.07) is 26.0. The van der Waals surface area contributed by atoms with Crippen molar-refractivity contribution in [1.82, 2.24) is 0 Å². The summed E-state index contributed by atoms with van der Waals surface area (Å²) in [5.41, 5.74) is 8.64. The third kappa shape index (κ3) is 2.31. The molecule has 33 heavy (non-hydrogen) atoms. The summed E-state index contributed by atoms with van der Waals surface area (Å²) in [5.74, 6) is 0.837. The van der Waals surface area contributed by atoms with Crippen LogP contribution in [0.4, 0.5) is 0 Å². The van der Waals surface area contributed by atoms with Crippen molar-refractivity contribution in [2.24, 2.45) is 7.05 Å². The number of hydrogen-bond acceptors (Lipinski definition) is 2. The van der Waals surface area contributed by atoms with Crippen LogP contribution < -0.4 is 14.9 Å². The summed E-state index contributed by atoms with van der Waals surface area (Å²) in [7, 11) is 0.344. The number of oxazole rings is 1. The highest BCUT2D eigenvalue weighted by molar-refractivity contribution is 7.04. The van der Waals surface area contributed by atoms with Gasteiger partial charge in [-0.1, -0.05) is 73.8 Å². The first-order valence-corrected chi connectivity index (χ1v) is 14.4. The quantitative estimate of drug-likeness (QED) is 0.231. The second kappa shape index (κ2) is 6.24. The Morgan fingerprint density at radius 3 is 2.36 bits per heavy atom. The number of aryl methyl sites for hydroxylation is 2. The first kappa shape index (κ1) is 18.9. The molecule has 0 saturated heterocycles. The molecule has 4 heteroatoms. The molecule has 3 nitrogen and oxygen atoms in total. The zero-order valence-corrected chi connectivity index (χ0v) is 20.2. The standard InChI is InChI=1S/C29H24NO2Si/c1-17-13-14-19-18-9-5-7-11-22(18)31-27(19)25(17)29-30(2)21-15-16-24-26(28(21)32-29)20-10-6-8-12-23(20)33(24,3)4/h5-16H,1-4H3/q+1. The molecule has 0 N–H and O–H groups in total. The molecule has 160 valence electrons. The summed E-state index contributed by atoms with van der Waals surface area (Å²) in [6.07, 6.45) is 0. The number of aromatic nitrogens is 1. The highest BCUT2D eigenvalue weighted by Crippen LogP contribution is 2.40. The fourth-order valence-electron chi connectivity index (χ4n) is 5.76. The predicted molar refractivity (Wildman–Crippen MR) is 137 cm³/mol. The van der Waals surface area contributed by atoms with Gasteiger partial charge in [-0.3, -0.25) is 0 Å². The van der Waals surface area contributed by atoms with E-state index in [4.69, 9.17) is 8.83 Å². The molecule has 0 radical (unpaired) electrons. The fourth-order valence-corrected chi connectivity index (χ4v) is 8.82. The van der Waals surface area contributed by atoms with E-state index in [1.807, 2.05) is 12.1 Å². The minimum atomic E-state index is -1.75. The van der Waals surface area contributed by atoms with Gasteiger partial charge in [0.1, 0.15) is 26.3 Å². The summed E-state index contributed by atoms with van der Waals surface area (Å²) in [4.78, 5) is 0. The lowest BCUT2D eigenvalue weighted by atomic mass is 10.0. The Hall–Kier alpha value is -3.63. The number of hydrogen-bond donors (Lipinski definition) is 0. The second-order valence-electron chi connectivity index (χ2n) is 9.71. The Morgan fingerprint density at radius 1 is 0.697 bits per heavy atom. The van der Waals surface area contributed by atoms with Crippen LogP contribution in [0.3, 0.4) is 0 Å². The topological polar surface area (TPSA) is 30.2 Å². The molecule has 0 fully saturated rings. The van der Waals surface area contributed by atoms with Crippen LogP contribution in [0, 0.1) is 6.92 Å². The Morgan fingerprint density at radius 2 is 1.48 bits per heavy atom. The summed E-state index contributed by atoms with van der Waals surface area (Å²) in [6.45, 7) is 7.00. The smallest absolute Gasteiger partial charge is 0.385 e. The number of fused-ring (bicyclic) bond motifs is 8. The van der Waals surface area contributed by atoms with Crippen LogP contribution >= 0.6 is 0 Å². The van der Waals surface area contributed by atoms with Crippen LogP contribution in [-0.2, 0) is 7.05 Å². The molecule has 0 amide bonds. The van der Waals surface area contributed by atoms with Gasteiger partial charge in [0.15, 0.2) is 5.58 Å². The molecule has 0 aliphatic carbocycles. The van der Waals surface area contributed by atoms with Gasteiger partial charge in [0.2, 0.25) is 5.58 Å². The van der Waals surface area contributed by atoms with Gasteiger partial charge in [0, 0.05) is 22.4 Å². The number of furan rings is 1. The molecule has 7 rings (SSSR count). The highest BCUT2D eigenvalue weighted by Gasteiger charge is 2.41. The van der Waals surface area contributed by atoms with E-state index in [-0.39, 0.29) is 0 Å². The van der Waals surface area contributed by atoms with Crippen LogP contribution in [0.5, 0.6) is 0 Å². The lowest BCUT2D eigenvalue weighted by Crippen LogP contribution is -2.49. The van der Waals surface area contributed by atoms with Crippen molar-refractivity contribution < 1.29 is 13.4 Å². The number of nitrogens with zero attached hydrogens (tertiary/aromatic N) is 1. The van der Waals surface area contributed by atoms with Gasteiger partial charge in [-0.15, -0.1) is 0 Å². The maximum atomic E-state index is 6.79. The van der Waals surface area contributed by atoms with E-state index in [1.165, 1.54) is 21.5 Å². The van der Waals surface area contributed by atoms with Crippen LogP contribution in [-0.4, -0.2) is 8.07 Å². The van der Waals surface area contributed by atoms with Gasteiger partial charge in [-0.2, -0.15) is 4.57 Å². The average molecular weight is 447 g/mol. The molecule has 6 aromatic rings. The van der Waals surface area contributed by atoms with Crippen LogP contribution in [0.1, 0.15) is 5.56 Å². The van der Waals surface area contributed by atoms with Gasteiger partial charge < -0.3 is 8.83 Å². The average Bonchev–Trinajstić information content (AvgIpc) is 3.43. The van der Waals surface area contributed by atoms with Gasteiger partial charge in [0.05, 0.1) is 0 Å². The molecule has 0 bridgehead atoms. The normalized spacial score (nSPS) is 14.3. The van der Waals surface area contributed by atoms with E-state index in [0.29, 0.717) is 0 Å². The molecule has 2 aromatic heterocycles. The first-order chi connectivity index (χ1) is 16.0. The molecule has 0 saturated carbocycles. The lowest BCUT2D eigenvalue weighted by Gasteiger charge is -2.17. The first-order valence-electron chi connectivity index (χ1n) is 11.4. The summed E-state index contributed by atoms with van der Waals surface area (Å²) < 4.78 is 15.4. The van der Waals surface area contributed by atoms with Crippen molar-refractivity contribution in [1.29, 1.82) is 0 Å². The maximum absolute atomic E-state index is 6.79. The molecule has 0 atom stereocenters. The van der Waals surface area contributed by atoms with E-state index in [2.05, 4.69) is 92.3 Å². The van der Waals surface area contributed by atoms with E-state index < -0.39 is 8.07 Å². The monoisotopic (exact) mass is 446 g/mol.